The number of β-amino-alcohol motifs (C(OH)–C–C–N with tert-alkyl or cyclic N) is 1. The number of fused-ring (bicyclic) bond motifs is 2. The van der Waals surface area contributed by atoms with Gasteiger partial charge in [-0.1, -0.05) is 91.0 Å². The average Bonchev–Trinajstić information content (AvgIpc) is 3.60. The molecule has 1 aromatic heterocycles. The molecule has 2 N–H and O–H groups in total. The van der Waals surface area contributed by atoms with Crippen LogP contribution in [0.4, 0.5) is 0 Å². The van der Waals surface area contributed by atoms with Crippen LogP contribution in [0.5, 0.6) is 0 Å². The van der Waals surface area contributed by atoms with Crippen LogP contribution < -0.4 is 5.32 Å². The van der Waals surface area contributed by atoms with Crippen LogP contribution in [-0.2, 0) is 29.6 Å². The summed E-state index contributed by atoms with van der Waals surface area (Å²) in [4.78, 5) is 44.8. The smallest absolute Gasteiger partial charge is 0.256 e. The number of hydrogen-bond donors (Lipinski definition) is 2. The molecule has 0 bridgehead atoms. The van der Waals surface area contributed by atoms with Crippen molar-refractivity contribution in [2.24, 2.45) is 7.05 Å². The Morgan fingerprint density at radius 1 is 0.909 bits per heavy atom. The predicted octanol–water partition coefficient (Wildman–Crippen LogP) is 4.29. The van der Waals surface area contributed by atoms with E-state index in [0.717, 1.165) is 32.8 Å². The third kappa shape index (κ3) is 5.81. The fourth-order valence-corrected chi connectivity index (χ4v) is 6.31. The molecule has 0 radical (unpaired) electrons. The number of aliphatic hydroxyl groups excluding tert-OH is 1. The summed E-state index contributed by atoms with van der Waals surface area (Å²) in [6.45, 7) is 0.422. The molecule has 5 aromatic rings. The molecule has 1 aliphatic rings. The van der Waals surface area contributed by atoms with Crippen LogP contribution in [0.2, 0.25) is 0 Å². The number of aromatic nitrogens is 1. The van der Waals surface area contributed by atoms with Crippen LogP contribution in [0.15, 0.2) is 103 Å². The van der Waals surface area contributed by atoms with E-state index in [9.17, 15) is 19.5 Å². The van der Waals surface area contributed by atoms with E-state index in [2.05, 4.69) is 5.32 Å². The predicted molar refractivity (Wildman–Crippen MR) is 171 cm³/mol. The van der Waals surface area contributed by atoms with E-state index in [4.69, 9.17) is 0 Å². The Morgan fingerprint density at radius 2 is 1.59 bits per heavy atom. The van der Waals surface area contributed by atoms with Gasteiger partial charge in [-0.25, -0.2) is 0 Å². The summed E-state index contributed by atoms with van der Waals surface area (Å²) in [5, 5.41) is 16.5. The van der Waals surface area contributed by atoms with Crippen molar-refractivity contribution >= 4 is 39.4 Å². The van der Waals surface area contributed by atoms with Crippen molar-refractivity contribution in [1.82, 2.24) is 19.7 Å². The Bertz CT molecular complexity index is 1830. The zero-order chi connectivity index (χ0) is 30.8. The number of rotatable bonds is 8. The molecule has 4 aromatic carbocycles. The first-order valence-corrected chi connectivity index (χ1v) is 14.9. The second kappa shape index (κ2) is 12.3. The standard InChI is InChI=1S/C36H36N4O4/c1-38-23-30(29-17-8-9-18-32(29)38)35(43)40-22-27(41)20-33(40)34(42)37-31(36(44)39(2)21-24-11-4-3-5-12-24)19-26-15-10-14-25-13-6-7-16-28(25)26/h3-18,23,27,31,33,41H,19-22H2,1-2H3,(H,37,42)/t27?,31?,33-/m0/s1. The molecule has 44 heavy (non-hydrogen) atoms. The van der Waals surface area contributed by atoms with E-state index in [1.807, 2.05) is 109 Å². The van der Waals surface area contributed by atoms with Crippen molar-refractivity contribution in [2.75, 3.05) is 13.6 Å². The highest BCUT2D eigenvalue weighted by molar-refractivity contribution is 6.08. The zero-order valence-electron chi connectivity index (χ0n) is 24.9. The lowest BCUT2D eigenvalue weighted by atomic mass is 9.97. The minimum atomic E-state index is -0.918. The monoisotopic (exact) mass is 588 g/mol. The van der Waals surface area contributed by atoms with Crippen LogP contribution in [-0.4, -0.2) is 69.0 Å². The number of aryl methyl sites for hydroxylation is 1. The molecule has 2 unspecified atom stereocenters. The van der Waals surface area contributed by atoms with E-state index in [1.165, 1.54) is 4.90 Å². The Hall–Kier alpha value is -4.95. The highest BCUT2D eigenvalue weighted by atomic mass is 16.3. The van der Waals surface area contributed by atoms with Gasteiger partial charge in [0.2, 0.25) is 11.8 Å². The van der Waals surface area contributed by atoms with Crippen LogP contribution in [0.3, 0.4) is 0 Å². The van der Waals surface area contributed by atoms with Crippen molar-refractivity contribution in [3.05, 3.63) is 120 Å². The molecular weight excluding hydrogens is 552 g/mol. The molecule has 0 aliphatic carbocycles. The highest BCUT2D eigenvalue weighted by Gasteiger charge is 2.41. The zero-order valence-corrected chi connectivity index (χ0v) is 24.9. The Morgan fingerprint density at radius 3 is 2.39 bits per heavy atom. The summed E-state index contributed by atoms with van der Waals surface area (Å²) < 4.78 is 1.88. The molecule has 3 amide bonds. The first-order chi connectivity index (χ1) is 21.3. The number of carbonyl (C=O) groups is 3. The SMILES string of the molecule is CN(Cc1ccccc1)C(=O)C(Cc1cccc2ccccc12)NC(=O)[C@@H]1CC(O)CN1C(=O)c1cn(C)c2ccccc12. The van der Waals surface area contributed by atoms with Gasteiger partial charge < -0.3 is 24.8 Å². The normalized spacial score (nSPS) is 17.1. The summed E-state index contributed by atoms with van der Waals surface area (Å²) in [6.07, 6.45) is 1.28. The van der Waals surface area contributed by atoms with Crippen molar-refractivity contribution < 1.29 is 19.5 Å². The first-order valence-electron chi connectivity index (χ1n) is 14.9. The number of aliphatic hydroxyl groups is 1. The molecular formula is C36H36N4O4. The van der Waals surface area contributed by atoms with Crippen molar-refractivity contribution in [3.8, 4) is 0 Å². The largest absolute Gasteiger partial charge is 0.391 e. The topological polar surface area (TPSA) is 94.9 Å². The van der Waals surface area contributed by atoms with Gasteiger partial charge in [-0.05, 0) is 28.0 Å². The maximum absolute atomic E-state index is 14.0. The van der Waals surface area contributed by atoms with E-state index >= 15 is 0 Å². The van der Waals surface area contributed by atoms with Crippen LogP contribution in [0, 0.1) is 0 Å². The summed E-state index contributed by atoms with van der Waals surface area (Å²) in [7, 11) is 3.60. The second-order valence-corrected chi connectivity index (χ2v) is 11.6. The van der Waals surface area contributed by atoms with Crippen LogP contribution in [0.25, 0.3) is 21.7 Å². The van der Waals surface area contributed by atoms with Gasteiger partial charge in [0.05, 0.1) is 11.7 Å². The molecule has 8 heteroatoms. The van der Waals surface area contributed by atoms with Gasteiger partial charge in [0, 0.05) is 57.1 Å². The molecule has 6 rings (SSSR count). The number of nitrogens with one attached hydrogen (secondary N) is 1. The third-order valence-corrected chi connectivity index (χ3v) is 8.53. The third-order valence-electron chi connectivity index (χ3n) is 8.53. The number of hydrogen-bond acceptors (Lipinski definition) is 4. The van der Waals surface area contributed by atoms with Gasteiger partial charge >= 0.3 is 0 Å². The van der Waals surface area contributed by atoms with Crippen molar-refractivity contribution in [3.63, 3.8) is 0 Å². The Balaban J connectivity index is 1.28. The van der Waals surface area contributed by atoms with Gasteiger partial charge in [0.25, 0.3) is 5.91 Å². The second-order valence-electron chi connectivity index (χ2n) is 11.6. The maximum atomic E-state index is 14.0. The summed E-state index contributed by atoms with van der Waals surface area (Å²) in [6, 6.07) is 29.4. The van der Waals surface area contributed by atoms with E-state index < -0.39 is 24.1 Å². The van der Waals surface area contributed by atoms with Crippen LogP contribution in [0.1, 0.15) is 27.9 Å². The number of amides is 3. The molecule has 224 valence electrons. The number of benzene rings is 4. The Kier molecular flexibility index (Phi) is 8.17. The van der Waals surface area contributed by atoms with Crippen LogP contribution >= 0.6 is 0 Å². The van der Waals surface area contributed by atoms with E-state index in [1.54, 1.807) is 18.1 Å². The molecule has 1 aliphatic heterocycles. The van der Waals surface area contributed by atoms with Gasteiger partial charge in [-0.15, -0.1) is 0 Å². The van der Waals surface area contributed by atoms with E-state index in [-0.39, 0.29) is 31.2 Å². The summed E-state index contributed by atoms with van der Waals surface area (Å²) in [5.74, 6) is -1.01. The van der Waals surface area contributed by atoms with Crippen molar-refractivity contribution in [1.29, 1.82) is 0 Å². The Labute approximate surface area is 256 Å². The number of carbonyl (C=O) groups excluding carboxylic acids is 3. The molecule has 0 saturated carbocycles. The minimum Gasteiger partial charge on any atom is -0.391 e. The maximum Gasteiger partial charge on any atom is 0.256 e. The average molecular weight is 589 g/mol. The molecule has 8 nitrogen and oxygen atoms in total. The number of para-hydroxylation sites is 1. The van der Waals surface area contributed by atoms with E-state index in [0.29, 0.717) is 12.1 Å². The number of likely N-dealkylation sites (N-methyl/N-ethyl adjacent to an activating group) is 1. The molecule has 1 saturated heterocycles. The lowest BCUT2D eigenvalue weighted by Crippen LogP contribution is -2.54. The van der Waals surface area contributed by atoms with Gasteiger partial charge in [0.15, 0.2) is 0 Å². The highest BCUT2D eigenvalue weighted by Crippen LogP contribution is 2.27. The quantitative estimate of drug-likeness (QED) is 0.283. The summed E-state index contributed by atoms with van der Waals surface area (Å²) >= 11 is 0. The van der Waals surface area contributed by atoms with Gasteiger partial charge in [-0.3, -0.25) is 14.4 Å². The van der Waals surface area contributed by atoms with Crippen molar-refractivity contribution in [2.45, 2.75) is 37.6 Å². The molecule has 2 heterocycles. The lowest BCUT2D eigenvalue weighted by molar-refractivity contribution is -0.136. The summed E-state index contributed by atoms with van der Waals surface area (Å²) in [5.41, 5.74) is 3.29. The first kappa shape index (κ1) is 29.1. The van der Waals surface area contributed by atoms with Gasteiger partial charge in [-0.2, -0.15) is 0 Å². The van der Waals surface area contributed by atoms with Gasteiger partial charge in [0.1, 0.15) is 12.1 Å². The lowest BCUT2D eigenvalue weighted by Gasteiger charge is -2.28. The fourth-order valence-electron chi connectivity index (χ4n) is 6.31. The fraction of sp³-hybridized carbons (Fsp3) is 0.250. The molecule has 0 spiro atoms. The number of nitrogens with zero attached hydrogens (tertiary/aromatic N) is 3. The molecule has 3 atom stereocenters. The molecule has 1 fully saturated rings. The number of likely N-dealkylation sites (tertiary alicyclic amines) is 1. The minimum absolute atomic E-state index is 0.0377.